The number of rotatable bonds is 10. The average Bonchev–Trinajstić information content (AvgIpc) is 2.85. The van der Waals surface area contributed by atoms with Gasteiger partial charge in [-0.05, 0) is 48.2 Å². The molecule has 1 N–H and O–H groups in total. The molecule has 0 bridgehead atoms. The van der Waals surface area contributed by atoms with Crippen molar-refractivity contribution in [2.45, 2.75) is 38.9 Å². The minimum Gasteiger partial charge on any atom is -0.497 e. The molecule has 1 heterocycles. The minimum absolute atomic E-state index is 0.0614. The predicted octanol–water partition coefficient (Wildman–Crippen LogP) is 3.76. The first-order valence-corrected chi connectivity index (χ1v) is 10.7. The number of nitrogens with one attached hydrogen (secondary N) is 1. The fourth-order valence-corrected chi connectivity index (χ4v) is 3.39. The molecule has 0 spiro atoms. The fourth-order valence-electron chi connectivity index (χ4n) is 3.39. The molecule has 0 radical (unpaired) electrons. The van der Waals surface area contributed by atoms with Crippen LogP contribution < -0.4 is 10.1 Å². The maximum atomic E-state index is 13.2. The van der Waals surface area contributed by atoms with E-state index in [9.17, 15) is 9.59 Å². The van der Waals surface area contributed by atoms with E-state index in [1.807, 2.05) is 66.7 Å². The van der Waals surface area contributed by atoms with Gasteiger partial charge in [0.1, 0.15) is 11.8 Å². The van der Waals surface area contributed by atoms with E-state index in [-0.39, 0.29) is 11.8 Å². The topological polar surface area (TPSA) is 71.5 Å². The highest BCUT2D eigenvalue weighted by Gasteiger charge is 2.25. The first-order chi connectivity index (χ1) is 15.6. The van der Waals surface area contributed by atoms with Crippen molar-refractivity contribution in [2.75, 3.05) is 7.11 Å². The van der Waals surface area contributed by atoms with Gasteiger partial charge < -0.3 is 15.0 Å². The molecule has 0 fully saturated rings. The lowest BCUT2D eigenvalue weighted by molar-refractivity contribution is -0.140. The van der Waals surface area contributed by atoms with E-state index >= 15 is 0 Å². The Kier molecular flexibility index (Phi) is 8.37. The third kappa shape index (κ3) is 6.67. The predicted molar refractivity (Wildman–Crippen MR) is 124 cm³/mol. The molecule has 0 aliphatic carbocycles. The molecule has 3 rings (SSSR count). The van der Waals surface area contributed by atoms with Gasteiger partial charge in [-0.25, -0.2) is 0 Å². The summed E-state index contributed by atoms with van der Waals surface area (Å²) in [5.41, 5.74) is 2.94. The normalized spacial score (nSPS) is 11.4. The molecule has 0 aliphatic rings. The van der Waals surface area contributed by atoms with Crippen LogP contribution in [0.25, 0.3) is 0 Å². The highest BCUT2D eigenvalue weighted by Crippen LogP contribution is 2.16. The molecule has 0 saturated carbocycles. The lowest BCUT2D eigenvalue weighted by Crippen LogP contribution is -2.47. The van der Waals surface area contributed by atoms with E-state index in [0.29, 0.717) is 25.9 Å². The van der Waals surface area contributed by atoms with Crippen molar-refractivity contribution < 1.29 is 14.3 Å². The van der Waals surface area contributed by atoms with Crippen LogP contribution >= 0.6 is 0 Å². The Hall–Kier alpha value is -3.67. The van der Waals surface area contributed by atoms with Crippen LogP contribution in [0.4, 0.5) is 0 Å². The van der Waals surface area contributed by atoms with Crippen molar-refractivity contribution in [2.24, 2.45) is 0 Å². The molecule has 6 nitrogen and oxygen atoms in total. The van der Waals surface area contributed by atoms with Gasteiger partial charge in [-0.1, -0.05) is 48.5 Å². The van der Waals surface area contributed by atoms with Gasteiger partial charge in [0.2, 0.25) is 11.8 Å². The molecule has 32 heavy (non-hydrogen) atoms. The van der Waals surface area contributed by atoms with Crippen molar-refractivity contribution in [1.29, 1.82) is 0 Å². The third-order valence-corrected chi connectivity index (χ3v) is 5.34. The first kappa shape index (κ1) is 23.0. The largest absolute Gasteiger partial charge is 0.497 e. The molecular weight excluding hydrogens is 402 g/mol. The molecule has 0 aliphatic heterocycles. The van der Waals surface area contributed by atoms with Gasteiger partial charge >= 0.3 is 0 Å². The summed E-state index contributed by atoms with van der Waals surface area (Å²) in [7, 11) is 1.61. The fraction of sp³-hybridized carbons (Fsp3) is 0.269. The summed E-state index contributed by atoms with van der Waals surface area (Å²) in [5, 5.41) is 2.92. The molecule has 166 valence electrons. The maximum absolute atomic E-state index is 13.2. The highest BCUT2D eigenvalue weighted by molar-refractivity contribution is 5.87. The number of aryl methyl sites for hydroxylation is 1. The summed E-state index contributed by atoms with van der Waals surface area (Å²) < 4.78 is 5.22. The van der Waals surface area contributed by atoms with Crippen molar-refractivity contribution in [3.63, 3.8) is 0 Å². The highest BCUT2D eigenvalue weighted by atomic mass is 16.5. The van der Waals surface area contributed by atoms with Crippen LogP contribution in [0.5, 0.6) is 5.75 Å². The molecule has 1 unspecified atom stereocenters. The van der Waals surface area contributed by atoms with Gasteiger partial charge in [0.05, 0.1) is 7.11 Å². The van der Waals surface area contributed by atoms with Crippen LogP contribution in [0.2, 0.25) is 0 Å². The van der Waals surface area contributed by atoms with Gasteiger partial charge in [0.25, 0.3) is 0 Å². The summed E-state index contributed by atoms with van der Waals surface area (Å²) in [6.07, 6.45) is 4.37. The monoisotopic (exact) mass is 431 g/mol. The van der Waals surface area contributed by atoms with Crippen molar-refractivity contribution >= 4 is 11.8 Å². The second kappa shape index (κ2) is 11.6. The van der Waals surface area contributed by atoms with Crippen LogP contribution in [0.1, 0.15) is 30.0 Å². The van der Waals surface area contributed by atoms with E-state index in [0.717, 1.165) is 22.4 Å². The lowest BCUT2D eigenvalue weighted by Gasteiger charge is -2.29. The van der Waals surface area contributed by atoms with E-state index < -0.39 is 6.04 Å². The molecule has 2 amide bonds. The van der Waals surface area contributed by atoms with E-state index in [4.69, 9.17) is 4.74 Å². The van der Waals surface area contributed by atoms with Gasteiger partial charge in [-0.15, -0.1) is 0 Å². The van der Waals surface area contributed by atoms with E-state index in [2.05, 4.69) is 10.3 Å². The molecule has 3 aromatic rings. The number of hydrogen-bond acceptors (Lipinski definition) is 4. The number of methoxy groups -OCH3 is 1. The molecule has 1 aromatic heterocycles. The van der Waals surface area contributed by atoms with Crippen LogP contribution in [-0.2, 0) is 29.1 Å². The van der Waals surface area contributed by atoms with Crippen LogP contribution in [-0.4, -0.2) is 34.8 Å². The Bertz CT molecular complexity index is 992. The van der Waals surface area contributed by atoms with E-state index in [1.54, 1.807) is 31.3 Å². The number of hydrogen-bond donors (Lipinski definition) is 1. The quantitative estimate of drug-likeness (QED) is 0.531. The van der Waals surface area contributed by atoms with Gasteiger partial charge in [-0.2, -0.15) is 0 Å². The number of nitrogens with zero attached hydrogens (tertiary/aromatic N) is 2. The van der Waals surface area contributed by atoms with Crippen molar-refractivity contribution in [3.05, 3.63) is 95.8 Å². The van der Waals surface area contributed by atoms with Crippen LogP contribution in [0.3, 0.4) is 0 Å². The summed E-state index contributed by atoms with van der Waals surface area (Å²) in [6, 6.07) is 20.5. The summed E-state index contributed by atoms with van der Waals surface area (Å²) in [6.45, 7) is 2.48. The summed E-state index contributed by atoms with van der Waals surface area (Å²) >= 11 is 0. The summed E-state index contributed by atoms with van der Waals surface area (Å²) in [4.78, 5) is 31.8. The number of carbonyl (C=O) groups excluding carboxylic acids is 2. The number of aromatic nitrogens is 1. The maximum Gasteiger partial charge on any atom is 0.242 e. The molecular formula is C26H29N3O3. The Labute approximate surface area is 189 Å². The van der Waals surface area contributed by atoms with Gasteiger partial charge in [0.15, 0.2) is 0 Å². The molecule has 1 atom stereocenters. The lowest BCUT2D eigenvalue weighted by atomic mass is 10.1. The Morgan fingerprint density at radius 3 is 2.34 bits per heavy atom. The standard InChI is InChI=1S/C26H29N3O3/c1-20(26(31)28-18-23-9-6-16-27-17-23)29(19-22-10-13-24(32-2)14-11-22)25(30)15-12-21-7-4-3-5-8-21/h3-11,13-14,16-17,20H,12,15,18-19H2,1-2H3,(H,28,31). The number of benzene rings is 2. The first-order valence-electron chi connectivity index (χ1n) is 10.7. The SMILES string of the molecule is COc1ccc(CN(C(=O)CCc2ccccc2)C(C)C(=O)NCc2cccnc2)cc1. The second-order valence-electron chi connectivity index (χ2n) is 7.61. The summed E-state index contributed by atoms with van der Waals surface area (Å²) in [5.74, 6) is 0.488. The zero-order valence-electron chi connectivity index (χ0n) is 18.5. The minimum atomic E-state index is -0.614. The average molecular weight is 432 g/mol. The number of amides is 2. The van der Waals surface area contributed by atoms with Crippen molar-refractivity contribution in [1.82, 2.24) is 15.2 Å². The third-order valence-electron chi connectivity index (χ3n) is 5.34. The van der Waals surface area contributed by atoms with Crippen molar-refractivity contribution in [3.8, 4) is 5.75 Å². The molecule has 0 saturated heterocycles. The number of pyridine rings is 1. The smallest absolute Gasteiger partial charge is 0.242 e. The Balaban J connectivity index is 1.69. The zero-order valence-corrected chi connectivity index (χ0v) is 18.5. The second-order valence-corrected chi connectivity index (χ2v) is 7.61. The van der Waals surface area contributed by atoms with Crippen LogP contribution in [0.15, 0.2) is 79.1 Å². The Morgan fingerprint density at radius 2 is 1.69 bits per heavy atom. The Morgan fingerprint density at radius 1 is 0.969 bits per heavy atom. The van der Waals surface area contributed by atoms with Gasteiger partial charge in [-0.3, -0.25) is 14.6 Å². The zero-order chi connectivity index (χ0) is 22.8. The van der Waals surface area contributed by atoms with Gasteiger partial charge in [0, 0.05) is 31.9 Å². The van der Waals surface area contributed by atoms with Crippen LogP contribution in [0, 0.1) is 0 Å². The van der Waals surface area contributed by atoms with E-state index in [1.165, 1.54) is 0 Å². The molecule has 6 heteroatoms. The number of ether oxygens (including phenoxy) is 1. The number of carbonyl (C=O) groups is 2. The molecule has 2 aromatic carbocycles.